The first kappa shape index (κ1) is 31.9. The fourth-order valence-corrected chi connectivity index (χ4v) is 10.1. The van der Waals surface area contributed by atoms with Crippen molar-refractivity contribution in [1.29, 1.82) is 0 Å². The molecule has 2 saturated carbocycles. The summed E-state index contributed by atoms with van der Waals surface area (Å²) >= 11 is 0. The molecule has 1 radical (unpaired) electrons. The first-order valence-corrected chi connectivity index (χ1v) is 16.7. The molecule has 2 aliphatic carbocycles. The Morgan fingerprint density at radius 2 is 1.26 bits per heavy atom. The summed E-state index contributed by atoms with van der Waals surface area (Å²) in [4.78, 5) is 17.9. The van der Waals surface area contributed by atoms with Gasteiger partial charge in [0.1, 0.15) is 5.78 Å². The first-order chi connectivity index (χ1) is 20.2. The minimum absolute atomic E-state index is 0. The van der Waals surface area contributed by atoms with Crippen LogP contribution < -0.4 is 0 Å². The zero-order valence-corrected chi connectivity index (χ0v) is 28.5. The van der Waals surface area contributed by atoms with Crippen molar-refractivity contribution in [2.45, 2.75) is 107 Å². The molecule has 5 fully saturated rings. The second-order valence-corrected chi connectivity index (χ2v) is 13.7. The monoisotopic (exact) mass is 639 g/mol. The average Bonchev–Trinajstić information content (AvgIpc) is 3.50. The number of nitrogens with zero attached hydrogens (tertiary/aromatic N) is 2. The van der Waals surface area contributed by atoms with Crippen molar-refractivity contribution in [2.24, 2.45) is 11.8 Å². The smallest absolute Gasteiger partial charge is 0.174 e. The van der Waals surface area contributed by atoms with E-state index >= 15 is 0 Å². The third kappa shape index (κ3) is 5.64. The summed E-state index contributed by atoms with van der Waals surface area (Å²) in [5.41, 5.74) is 5.94. The molecule has 3 saturated heterocycles. The van der Waals surface area contributed by atoms with Crippen LogP contribution in [0.2, 0.25) is 0 Å². The van der Waals surface area contributed by atoms with Crippen LogP contribution in [0.15, 0.2) is 48.5 Å². The molecule has 9 rings (SSSR count). The number of ketones is 1. The summed E-state index contributed by atoms with van der Waals surface area (Å²) in [7, 11) is 0. The van der Waals surface area contributed by atoms with Crippen molar-refractivity contribution in [3.8, 4) is 0 Å². The molecule has 2 aromatic rings. The first-order valence-electron chi connectivity index (χ1n) is 16.7. The molecule has 0 aromatic heterocycles. The summed E-state index contributed by atoms with van der Waals surface area (Å²) in [6.45, 7) is 3.91. The van der Waals surface area contributed by atoms with Crippen molar-refractivity contribution >= 4 is 15.7 Å². The van der Waals surface area contributed by atoms with Gasteiger partial charge < -0.3 is 9.47 Å². The van der Waals surface area contributed by atoms with Gasteiger partial charge in [0.25, 0.3) is 0 Å². The molecule has 0 bridgehead atoms. The van der Waals surface area contributed by atoms with Crippen LogP contribution in [0.5, 0.6) is 0 Å². The van der Waals surface area contributed by atoms with Crippen LogP contribution in [0.4, 0.5) is 0 Å². The Bertz CT molecular complexity index is 1280. The summed E-state index contributed by atoms with van der Waals surface area (Å²) < 4.78 is 12.5. The van der Waals surface area contributed by atoms with Gasteiger partial charge in [-0.15, -0.1) is 0 Å². The van der Waals surface area contributed by atoms with E-state index in [2.05, 4.69) is 58.3 Å². The Hall–Kier alpha value is -1.04. The van der Waals surface area contributed by atoms with Gasteiger partial charge in [-0.3, -0.25) is 14.6 Å². The summed E-state index contributed by atoms with van der Waals surface area (Å²) in [6.07, 6.45) is 14.3. The van der Waals surface area contributed by atoms with E-state index in [4.69, 9.17) is 9.47 Å². The van der Waals surface area contributed by atoms with E-state index in [1.165, 1.54) is 80.2 Å². The molecular weight excluding hydrogens is 590 g/mol. The van der Waals surface area contributed by atoms with Gasteiger partial charge in [-0.05, 0) is 60.8 Å². The van der Waals surface area contributed by atoms with Gasteiger partial charge in [0.05, 0.1) is 13.2 Å². The predicted molar refractivity (Wildman–Crippen MR) is 171 cm³/mol. The Kier molecular flexibility index (Phi) is 9.92. The average molecular weight is 640 g/mol. The van der Waals surface area contributed by atoms with Gasteiger partial charge >= 0.3 is 0 Å². The van der Waals surface area contributed by atoms with E-state index in [-0.39, 0.29) is 34.2 Å². The number of hydrogen-bond donors (Lipinski definition) is 0. The van der Waals surface area contributed by atoms with E-state index in [0.29, 0.717) is 41.8 Å². The Balaban J connectivity index is 0.000000148. The van der Waals surface area contributed by atoms with E-state index in [1.807, 2.05) is 0 Å². The van der Waals surface area contributed by atoms with Crippen LogP contribution in [-0.2, 0) is 45.7 Å². The van der Waals surface area contributed by atoms with Crippen molar-refractivity contribution in [1.82, 2.24) is 9.80 Å². The maximum Gasteiger partial charge on any atom is 0.174 e. The predicted octanol–water partition coefficient (Wildman–Crippen LogP) is 6.46. The van der Waals surface area contributed by atoms with E-state index < -0.39 is 0 Å². The molecule has 7 unspecified atom stereocenters. The normalized spacial score (nSPS) is 33.9. The number of carbonyl (C=O) groups excluding carboxylic acids is 1. The summed E-state index contributed by atoms with van der Waals surface area (Å²) in [6, 6.07) is 19.8. The largest absolute Gasteiger partial charge is 0.347 e. The number of benzene rings is 2. The van der Waals surface area contributed by atoms with Crippen LogP contribution in [0.3, 0.4) is 0 Å². The number of piperidine rings is 2. The molecule has 5 heterocycles. The standard InChI is InChI=1S/C19H25NO2.C17H21NO.H3P.V/c1-2-6-15-14(5-1)9-10-20-17-8-4-3-7-16(17)19(13-18(15)20)21-11-12-22-19;19-17-11-16-13-6-2-1-5-12(13)9-10-18(16)15-8-4-3-7-14(15)17;;/h1-2,5-6,16-18H,3-4,7-13H2;1-2,5-6,14-16H,3-4,7-11H2;1H3;. The number of Topliss-reactive ketones (excluding diaryl/α,β-unsaturated/α-hetero) is 1. The molecule has 231 valence electrons. The third-order valence-corrected chi connectivity index (χ3v) is 11.8. The third-order valence-electron chi connectivity index (χ3n) is 11.8. The molecule has 5 nitrogen and oxygen atoms in total. The molecule has 0 N–H and O–H groups in total. The number of rotatable bonds is 0. The second-order valence-electron chi connectivity index (χ2n) is 13.7. The van der Waals surface area contributed by atoms with Crippen molar-refractivity contribution in [3.05, 3.63) is 70.8 Å². The van der Waals surface area contributed by atoms with Gasteiger partial charge in [0.2, 0.25) is 0 Å². The van der Waals surface area contributed by atoms with E-state index in [9.17, 15) is 4.79 Å². The SMILES string of the molecule is O=C1CC2c3ccccc3CCN2C2CCCCC12.P.[V].c1ccc2c(c1)CCN1C2CC2(OCCO2)C2CCCCC21. The quantitative estimate of drug-likeness (QED) is 0.310. The van der Waals surface area contributed by atoms with E-state index in [1.54, 1.807) is 0 Å². The molecule has 5 aliphatic heterocycles. The maximum atomic E-state index is 12.5. The summed E-state index contributed by atoms with van der Waals surface area (Å²) in [5, 5.41) is 0. The van der Waals surface area contributed by atoms with Crippen LogP contribution in [0.1, 0.15) is 98.5 Å². The fourth-order valence-electron chi connectivity index (χ4n) is 10.1. The van der Waals surface area contributed by atoms with Crippen molar-refractivity contribution in [2.75, 3.05) is 26.3 Å². The molecule has 2 aromatic carbocycles. The Morgan fingerprint density at radius 1 is 0.698 bits per heavy atom. The van der Waals surface area contributed by atoms with Gasteiger partial charge in [-0.25, -0.2) is 0 Å². The zero-order chi connectivity index (χ0) is 27.4. The van der Waals surface area contributed by atoms with Gasteiger partial charge in [-0.2, -0.15) is 9.90 Å². The molecule has 7 aliphatic rings. The van der Waals surface area contributed by atoms with E-state index in [0.717, 1.165) is 45.4 Å². The summed E-state index contributed by atoms with van der Waals surface area (Å²) in [5.74, 6) is 1.15. The number of ether oxygens (including phenoxy) is 2. The number of carbonyl (C=O) groups is 1. The van der Waals surface area contributed by atoms with Crippen LogP contribution >= 0.6 is 9.90 Å². The van der Waals surface area contributed by atoms with Crippen LogP contribution in [0.25, 0.3) is 0 Å². The van der Waals surface area contributed by atoms with Gasteiger partial charge in [0, 0.05) is 80.5 Å². The Morgan fingerprint density at radius 3 is 1.95 bits per heavy atom. The molecule has 0 amide bonds. The minimum atomic E-state index is -0.295. The molecule has 43 heavy (non-hydrogen) atoms. The van der Waals surface area contributed by atoms with Crippen LogP contribution in [-0.4, -0.2) is 59.8 Å². The van der Waals surface area contributed by atoms with Crippen LogP contribution in [0, 0.1) is 11.8 Å². The maximum absolute atomic E-state index is 12.5. The molecule has 1 spiro atoms. The van der Waals surface area contributed by atoms with Crippen molar-refractivity contribution in [3.63, 3.8) is 0 Å². The minimum Gasteiger partial charge on any atom is -0.347 e. The molecule has 7 heteroatoms. The number of hydrogen-bond acceptors (Lipinski definition) is 5. The number of fused-ring (bicyclic) bond motifs is 11. The zero-order valence-electron chi connectivity index (χ0n) is 25.7. The van der Waals surface area contributed by atoms with Gasteiger partial charge in [-0.1, -0.05) is 74.2 Å². The van der Waals surface area contributed by atoms with Crippen molar-refractivity contribution < 1.29 is 32.8 Å². The second kappa shape index (κ2) is 13.4. The Labute approximate surface area is 273 Å². The fraction of sp³-hybridized carbons (Fsp3) is 0.639. The molecule has 7 atom stereocenters. The van der Waals surface area contributed by atoms with Gasteiger partial charge in [0.15, 0.2) is 5.79 Å². The topological polar surface area (TPSA) is 42.0 Å². The molecular formula is C36H49N2O3PV.